The van der Waals surface area contributed by atoms with Crippen LogP contribution in [-0.2, 0) is 16.1 Å². The molecule has 0 saturated carbocycles. The van der Waals surface area contributed by atoms with Gasteiger partial charge < -0.3 is 21.1 Å². The van der Waals surface area contributed by atoms with Crippen molar-refractivity contribution < 1.29 is 23.1 Å². The van der Waals surface area contributed by atoms with Crippen LogP contribution in [0.3, 0.4) is 0 Å². The Labute approximate surface area is 155 Å². The molecule has 0 radical (unpaired) electrons. The molecule has 25 heavy (non-hydrogen) atoms. The number of benzene rings is 1. The van der Waals surface area contributed by atoms with Crippen molar-refractivity contribution in [3.63, 3.8) is 0 Å². The number of nitrogens with two attached hydrogens (primary N) is 1. The molecule has 0 aromatic heterocycles. The summed E-state index contributed by atoms with van der Waals surface area (Å²) in [5.41, 5.74) is 5.94. The first kappa shape index (κ1) is 23.4. The molecule has 0 heterocycles. The van der Waals surface area contributed by atoms with Crippen LogP contribution < -0.4 is 21.1 Å². The highest BCUT2D eigenvalue weighted by atomic mass is 35.5. The fraction of sp³-hybridized carbons (Fsp3) is 0.467. The van der Waals surface area contributed by atoms with Crippen molar-refractivity contribution in [1.82, 2.24) is 10.6 Å². The molecule has 6 nitrogen and oxygen atoms in total. The molecule has 0 saturated heterocycles. The lowest BCUT2D eigenvalue weighted by molar-refractivity contribution is -0.127. The number of carbonyl (C=O) groups excluding carboxylic acids is 2. The van der Waals surface area contributed by atoms with Gasteiger partial charge in [-0.15, -0.1) is 12.4 Å². The smallest absolute Gasteiger partial charge is 0.387 e. The van der Waals surface area contributed by atoms with Crippen LogP contribution in [0, 0.1) is 5.92 Å². The lowest BCUT2D eigenvalue weighted by Gasteiger charge is -2.15. The number of ether oxygens (including phenoxy) is 1. The van der Waals surface area contributed by atoms with Gasteiger partial charge in [0, 0.05) is 17.1 Å². The molecule has 0 bridgehead atoms. The van der Waals surface area contributed by atoms with Gasteiger partial charge in [0.05, 0.1) is 12.6 Å². The molecule has 0 unspecified atom stereocenters. The van der Waals surface area contributed by atoms with Crippen LogP contribution in [0.4, 0.5) is 8.78 Å². The lowest BCUT2D eigenvalue weighted by Crippen LogP contribution is -2.47. The number of rotatable bonds is 8. The van der Waals surface area contributed by atoms with E-state index in [0.717, 1.165) is 0 Å². The second-order valence-corrected chi connectivity index (χ2v) is 5.83. The van der Waals surface area contributed by atoms with E-state index in [1.807, 2.05) is 0 Å². The summed E-state index contributed by atoms with van der Waals surface area (Å²) in [4.78, 5) is 23.4. The molecule has 0 fully saturated rings. The average molecular weight is 400 g/mol. The molecule has 1 aromatic rings. The van der Waals surface area contributed by atoms with Crippen molar-refractivity contribution in [3.05, 3.63) is 28.8 Å². The van der Waals surface area contributed by atoms with Gasteiger partial charge in [0.15, 0.2) is 0 Å². The third-order valence-electron chi connectivity index (χ3n) is 3.16. The van der Waals surface area contributed by atoms with E-state index in [4.69, 9.17) is 17.3 Å². The van der Waals surface area contributed by atoms with E-state index in [0.29, 0.717) is 10.6 Å². The van der Waals surface area contributed by atoms with Crippen molar-refractivity contribution in [1.29, 1.82) is 0 Å². The van der Waals surface area contributed by atoms with Gasteiger partial charge in [-0.1, -0.05) is 25.4 Å². The van der Waals surface area contributed by atoms with Crippen LogP contribution in [0.2, 0.25) is 5.02 Å². The van der Waals surface area contributed by atoms with Gasteiger partial charge in [-0.05, 0) is 24.1 Å². The Morgan fingerprint density at radius 3 is 2.48 bits per heavy atom. The minimum Gasteiger partial charge on any atom is -0.434 e. The van der Waals surface area contributed by atoms with Gasteiger partial charge in [0.25, 0.3) is 0 Å². The maximum Gasteiger partial charge on any atom is 0.387 e. The largest absolute Gasteiger partial charge is 0.434 e. The molecule has 142 valence electrons. The maximum atomic E-state index is 12.3. The molecule has 0 aliphatic heterocycles. The molecular formula is C15H21Cl2F2N3O3. The number of alkyl halides is 2. The van der Waals surface area contributed by atoms with Crippen molar-refractivity contribution in [2.45, 2.75) is 33.0 Å². The molecule has 0 aliphatic carbocycles. The standard InChI is InChI=1S/C15H20ClF2N3O3.ClH/c1-8(2)13(19)14(23)21-7-12(22)20-6-9-5-10(16)3-4-11(9)24-15(17)18;/h3-5,8,13,15H,6-7,19H2,1-2H3,(H,20,22)(H,21,23);1H/t13-;/m0./s1. The average Bonchev–Trinajstić information content (AvgIpc) is 2.51. The highest BCUT2D eigenvalue weighted by molar-refractivity contribution is 6.30. The molecule has 1 rings (SSSR count). The first-order chi connectivity index (χ1) is 11.2. The number of hydrogen-bond acceptors (Lipinski definition) is 4. The fourth-order valence-electron chi connectivity index (χ4n) is 1.74. The number of amides is 2. The quantitative estimate of drug-likeness (QED) is 0.623. The minimum atomic E-state index is -2.99. The molecule has 2 amide bonds. The van der Waals surface area contributed by atoms with Gasteiger partial charge in [-0.2, -0.15) is 8.78 Å². The molecule has 0 spiro atoms. The topological polar surface area (TPSA) is 93.5 Å². The van der Waals surface area contributed by atoms with Crippen molar-refractivity contribution in [2.75, 3.05) is 6.54 Å². The molecule has 4 N–H and O–H groups in total. The summed E-state index contributed by atoms with van der Waals surface area (Å²) in [6.45, 7) is 0.234. The van der Waals surface area contributed by atoms with Gasteiger partial charge in [0.1, 0.15) is 5.75 Å². The molecule has 10 heteroatoms. The second-order valence-electron chi connectivity index (χ2n) is 5.39. The summed E-state index contributed by atoms with van der Waals surface area (Å²) >= 11 is 5.81. The van der Waals surface area contributed by atoms with E-state index in [9.17, 15) is 18.4 Å². The number of hydrogen-bond donors (Lipinski definition) is 3. The van der Waals surface area contributed by atoms with E-state index < -0.39 is 24.5 Å². The van der Waals surface area contributed by atoms with Gasteiger partial charge in [0.2, 0.25) is 11.8 Å². The summed E-state index contributed by atoms with van der Waals surface area (Å²) in [6, 6.07) is 3.39. The summed E-state index contributed by atoms with van der Waals surface area (Å²) in [7, 11) is 0. The van der Waals surface area contributed by atoms with E-state index in [-0.39, 0.29) is 37.2 Å². The van der Waals surface area contributed by atoms with E-state index in [1.54, 1.807) is 13.8 Å². The summed E-state index contributed by atoms with van der Waals surface area (Å²) in [5, 5.41) is 5.21. The highest BCUT2D eigenvalue weighted by Gasteiger charge is 2.17. The Morgan fingerprint density at radius 1 is 1.28 bits per heavy atom. The van der Waals surface area contributed by atoms with Gasteiger partial charge in [-0.25, -0.2) is 0 Å². The summed E-state index contributed by atoms with van der Waals surface area (Å²) in [5.74, 6) is -1.08. The van der Waals surface area contributed by atoms with Crippen molar-refractivity contribution >= 4 is 35.8 Å². The molecule has 1 atom stereocenters. The third kappa shape index (κ3) is 8.33. The predicted molar refractivity (Wildman–Crippen MR) is 93.0 cm³/mol. The van der Waals surface area contributed by atoms with Crippen LogP contribution in [0.1, 0.15) is 19.4 Å². The predicted octanol–water partition coefficient (Wildman–Crippen LogP) is 2.08. The van der Waals surface area contributed by atoms with Crippen LogP contribution in [0.5, 0.6) is 5.75 Å². The Morgan fingerprint density at radius 2 is 1.92 bits per heavy atom. The zero-order valence-electron chi connectivity index (χ0n) is 13.7. The van der Waals surface area contributed by atoms with E-state index in [2.05, 4.69) is 15.4 Å². The fourth-order valence-corrected chi connectivity index (χ4v) is 1.94. The lowest BCUT2D eigenvalue weighted by atomic mass is 10.1. The number of halogens is 4. The normalized spacial score (nSPS) is 11.7. The number of carbonyl (C=O) groups is 2. The molecule has 0 aliphatic rings. The Kier molecular flexibility index (Phi) is 10.3. The Bertz CT molecular complexity index is 589. The summed E-state index contributed by atoms with van der Waals surface area (Å²) < 4.78 is 29.1. The van der Waals surface area contributed by atoms with Crippen molar-refractivity contribution in [2.24, 2.45) is 11.7 Å². The van der Waals surface area contributed by atoms with Gasteiger partial charge in [-0.3, -0.25) is 9.59 Å². The SMILES string of the molecule is CC(C)[C@H](N)C(=O)NCC(=O)NCc1cc(Cl)ccc1OC(F)F.Cl. The Balaban J connectivity index is 0.00000576. The zero-order valence-corrected chi connectivity index (χ0v) is 15.3. The van der Waals surface area contributed by atoms with Crippen LogP contribution in [-0.4, -0.2) is 31.0 Å². The maximum absolute atomic E-state index is 12.3. The van der Waals surface area contributed by atoms with Crippen LogP contribution >= 0.6 is 24.0 Å². The highest BCUT2D eigenvalue weighted by Crippen LogP contribution is 2.24. The van der Waals surface area contributed by atoms with E-state index in [1.165, 1.54) is 18.2 Å². The minimum absolute atomic E-state index is 0. The van der Waals surface area contributed by atoms with Gasteiger partial charge >= 0.3 is 6.61 Å². The van der Waals surface area contributed by atoms with Crippen LogP contribution in [0.25, 0.3) is 0 Å². The van der Waals surface area contributed by atoms with Crippen molar-refractivity contribution in [3.8, 4) is 5.75 Å². The molecular weight excluding hydrogens is 379 g/mol. The monoisotopic (exact) mass is 399 g/mol. The summed E-state index contributed by atoms with van der Waals surface area (Å²) in [6.07, 6.45) is 0. The van der Waals surface area contributed by atoms with E-state index >= 15 is 0 Å². The zero-order chi connectivity index (χ0) is 18.3. The first-order valence-electron chi connectivity index (χ1n) is 7.24. The second kappa shape index (κ2) is 11.1. The number of nitrogens with one attached hydrogen (secondary N) is 2. The molecule has 1 aromatic carbocycles. The third-order valence-corrected chi connectivity index (χ3v) is 3.39. The van der Waals surface area contributed by atoms with Crippen LogP contribution in [0.15, 0.2) is 18.2 Å². The Hall–Kier alpha value is -1.64. The first-order valence-corrected chi connectivity index (χ1v) is 7.61.